The minimum Gasteiger partial charge on any atom is -0.508 e. The maximum atomic E-state index is 11.9. The Balaban J connectivity index is 0.00000338. The standard InChI is InChI=1S/C16H24N4O4S.HI/c1-2-17-16(20-13-7-10-25(23,24)11-13)19-9-8-18-15(22)12-3-5-14(21)6-4-12;/h3-6,13,21H,2,7-11H2,1H3,(H,18,22)(H2,17,19,20);1H. The van der Waals surface area contributed by atoms with Crippen LogP contribution in [-0.2, 0) is 9.84 Å². The summed E-state index contributed by atoms with van der Waals surface area (Å²) in [6.45, 7) is 3.29. The molecule has 26 heavy (non-hydrogen) atoms. The number of rotatable bonds is 6. The largest absolute Gasteiger partial charge is 0.508 e. The molecule has 1 heterocycles. The van der Waals surface area contributed by atoms with Crippen LogP contribution in [0.4, 0.5) is 0 Å². The molecule has 0 spiro atoms. The number of aromatic hydroxyl groups is 1. The van der Waals surface area contributed by atoms with E-state index in [1.165, 1.54) is 12.1 Å². The van der Waals surface area contributed by atoms with Crippen molar-refractivity contribution in [1.82, 2.24) is 16.0 Å². The molecule has 0 radical (unpaired) electrons. The first-order chi connectivity index (χ1) is 11.9. The van der Waals surface area contributed by atoms with E-state index in [1.807, 2.05) is 6.92 Å². The molecule has 1 aliphatic heterocycles. The number of nitrogens with zero attached hydrogens (tertiary/aromatic N) is 1. The first-order valence-corrected chi connectivity index (χ1v) is 10.0. The Morgan fingerprint density at radius 3 is 2.54 bits per heavy atom. The van der Waals surface area contributed by atoms with Gasteiger partial charge in [-0.25, -0.2) is 8.42 Å². The molecular formula is C16H25IN4O4S. The van der Waals surface area contributed by atoms with Crippen LogP contribution in [-0.4, -0.2) is 62.6 Å². The van der Waals surface area contributed by atoms with Crippen molar-refractivity contribution in [3.05, 3.63) is 29.8 Å². The lowest BCUT2D eigenvalue weighted by molar-refractivity contribution is 0.0955. The van der Waals surface area contributed by atoms with Crippen LogP contribution in [0.15, 0.2) is 29.3 Å². The Morgan fingerprint density at radius 2 is 1.96 bits per heavy atom. The number of aliphatic imine (C=N–C) groups is 1. The predicted molar refractivity (Wildman–Crippen MR) is 112 cm³/mol. The summed E-state index contributed by atoms with van der Waals surface area (Å²) >= 11 is 0. The van der Waals surface area contributed by atoms with Gasteiger partial charge < -0.3 is 21.1 Å². The van der Waals surface area contributed by atoms with Gasteiger partial charge in [-0.3, -0.25) is 9.79 Å². The smallest absolute Gasteiger partial charge is 0.251 e. The normalized spacial score (nSPS) is 18.7. The van der Waals surface area contributed by atoms with Crippen molar-refractivity contribution in [2.75, 3.05) is 31.1 Å². The Bertz CT molecular complexity index is 722. The number of amides is 1. The number of halogens is 1. The molecule has 1 aromatic rings. The van der Waals surface area contributed by atoms with Crippen LogP contribution in [0.25, 0.3) is 0 Å². The second kappa shape index (κ2) is 10.6. The molecule has 1 saturated heterocycles. The van der Waals surface area contributed by atoms with Crippen LogP contribution >= 0.6 is 24.0 Å². The number of phenols is 1. The zero-order valence-corrected chi connectivity index (χ0v) is 17.7. The summed E-state index contributed by atoms with van der Waals surface area (Å²) in [4.78, 5) is 16.3. The topological polar surface area (TPSA) is 120 Å². The van der Waals surface area contributed by atoms with E-state index < -0.39 is 9.84 Å². The number of guanidine groups is 1. The third kappa shape index (κ3) is 7.36. The van der Waals surface area contributed by atoms with Crippen molar-refractivity contribution in [2.24, 2.45) is 4.99 Å². The summed E-state index contributed by atoms with van der Waals surface area (Å²) in [7, 11) is -2.95. The third-order valence-corrected chi connectivity index (χ3v) is 5.48. The molecular weight excluding hydrogens is 471 g/mol. The fourth-order valence-corrected chi connectivity index (χ4v) is 4.15. The van der Waals surface area contributed by atoms with Gasteiger partial charge in [0.1, 0.15) is 5.75 Å². The molecule has 10 heteroatoms. The van der Waals surface area contributed by atoms with Gasteiger partial charge in [-0.15, -0.1) is 24.0 Å². The molecule has 1 fully saturated rings. The van der Waals surface area contributed by atoms with Gasteiger partial charge in [0.2, 0.25) is 0 Å². The molecule has 1 unspecified atom stereocenters. The van der Waals surface area contributed by atoms with Gasteiger partial charge in [-0.1, -0.05) is 0 Å². The maximum Gasteiger partial charge on any atom is 0.251 e. The van der Waals surface area contributed by atoms with E-state index in [9.17, 15) is 18.3 Å². The van der Waals surface area contributed by atoms with E-state index in [2.05, 4.69) is 20.9 Å². The zero-order chi connectivity index (χ0) is 18.3. The average Bonchev–Trinajstić information content (AvgIpc) is 2.90. The molecule has 0 bridgehead atoms. The molecule has 1 aliphatic rings. The highest BCUT2D eigenvalue weighted by molar-refractivity contribution is 14.0. The van der Waals surface area contributed by atoms with Crippen LogP contribution in [0.2, 0.25) is 0 Å². The Morgan fingerprint density at radius 1 is 1.27 bits per heavy atom. The lowest BCUT2D eigenvalue weighted by Gasteiger charge is -2.15. The number of nitrogens with one attached hydrogen (secondary N) is 3. The van der Waals surface area contributed by atoms with Crippen molar-refractivity contribution in [2.45, 2.75) is 19.4 Å². The van der Waals surface area contributed by atoms with Crippen molar-refractivity contribution in [3.63, 3.8) is 0 Å². The van der Waals surface area contributed by atoms with Crippen molar-refractivity contribution in [3.8, 4) is 5.75 Å². The molecule has 0 saturated carbocycles. The summed E-state index contributed by atoms with van der Waals surface area (Å²) in [6, 6.07) is 5.86. The number of sulfone groups is 1. The second-order valence-corrected chi connectivity index (χ2v) is 8.04. The molecule has 1 atom stereocenters. The first-order valence-electron chi connectivity index (χ1n) is 8.22. The summed E-state index contributed by atoms with van der Waals surface area (Å²) in [5.74, 6) is 0.733. The lowest BCUT2D eigenvalue weighted by atomic mass is 10.2. The summed E-state index contributed by atoms with van der Waals surface area (Å²) in [5.41, 5.74) is 0.461. The van der Waals surface area contributed by atoms with Gasteiger partial charge in [0, 0.05) is 24.7 Å². The fourth-order valence-electron chi connectivity index (χ4n) is 2.47. The Kier molecular flexibility index (Phi) is 9.13. The maximum absolute atomic E-state index is 11.9. The highest BCUT2D eigenvalue weighted by atomic mass is 127. The molecule has 1 amide bonds. The van der Waals surface area contributed by atoms with E-state index in [-0.39, 0.29) is 53.2 Å². The minimum absolute atomic E-state index is 0. The van der Waals surface area contributed by atoms with E-state index >= 15 is 0 Å². The highest BCUT2D eigenvalue weighted by Crippen LogP contribution is 2.11. The quantitative estimate of drug-likeness (QED) is 0.197. The van der Waals surface area contributed by atoms with E-state index in [0.29, 0.717) is 37.6 Å². The SMILES string of the molecule is CCNC(=NCCNC(=O)c1ccc(O)cc1)NC1CCS(=O)(=O)C1.I. The number of carbonyl (C=O) groups excluding carboxylic acids is 1. The molecule has 4 N–H and O–H groups in total. The van der Waals surface area contributed by atoms with Crippen LogP contribution in [0.3, 0.4) is 0 Å². The number of hydrogen-bond donors (Lipinski definition) is 4. The van der Waals surface area contributed by atoms with Gasteiger partial charge in [-0.2, -0.15) is 0 Å². The van der Waals surface area contributed by atoms with E-state index in [4.69, 9.17) is 0 Å². The summed E-state index contributed by atoms with van der Waals surface area (Å²) in [5, 5.41) is 18.1. The van der Waals surface area contributed by atoms with Gasteiger partial charge in [-0.05, 0) is 37.6 Å². The van der Waals surface area contributed by atoms with Crippen molar-refractivity contribution < 1.29 is 18.3 Å². The third-order valence-electron chi connectivity index (χ3n) is 3.71. The van der Waals surface area contributed by atoms with Crippen LogP contribution < -0.4 is 16.0 Å². The van der Waals surface area contributed by atoms with Crippen molar-refractivity contribution in [1.29, 1.82) is 0 Å². The molecule has 0 aliphatic carbocycles. The summed E-state index contributed by atoms with van der Waals surface area (Å²) < 4.78 is 23.0. The molecule has 8 nitrogen and oxygen atoms in total. The van der Waals surface area contributed by atoms with Crippen LogP contribution in [0, 0.1) is 0 Å². The van der Waals surface area contributed by atoms with Gasteiger partial charge in [0.15, 0.2) is 15.8 Å². The Labute approximate surface area is 170 Å². The van der Waals surface area contributed by atoms with Gasteiger partial charge in [0.25, 0.3) is 5.91 Å². The lowest BCUT2D eigenvalue weighted by Crippen LogP contribution is -2.44. The number of hydrogen-bond acceptors (Lipinski definition) is 5. The number of phenolic OH excluding ortho intramolecular Hbond substituents is 1. The monoisotopic (exact) mass is 496 g/mol. The van der Waals surface area contributed by atoms with Gasteiger partial charge in [0.05, 0.1) is 18.1 Å². The van der Waals surface area contributed by atoms with Crippen LogP contribution in [0.5, 0.6) is 5.75 Å². The zero-order valence-electron chi connectivity index (χ0n) is 14.6. The van der Waals surface area contributed by atoms with E-state index in [1.54, 1.807) is 12.1 Å². The molecule has 2 rings (SSSR count). The first kappa shape index (κ1) is 22.5. The molecule has 0 aromatic heterocycles. The predicted octanol–water partition coefficient (Wildman–Crippen LogP) is 0.482. The number of carbonyl (C=O) groups is 1. The fraction of sp³-hybridized carbons (Fsp3) is 0.500. The van der Waals surface area contributed by atoms with Crippen molar-refractivity contribution >= 4 is 45.7 Å². The van der Waals surface area contributed by atoms with Crippen LogP contribution in [0.1, 0.15) is 23.7 Å². The molecule has 1 aromatic carbocycles. The number of benzene rings is 1. The average molecular weight is 496 g/mol. The highest BCUT2D eigenvalue weighted by Gasteiger charge is 2.28. The second-order valence-electron chi connectivity index (χ2n) is 5.81. The summed E-state index contributed by atoms with van der Waals surface area (Å²) in [6.07, 6.45) is 0.574. The van der Waals surface area contributed by atoms with E-state index in [0.717, 1.165) is 0 Å². The Hall–Kier alpha value is -1.56. The minimum atomic E-state index is -2.95. The molecule has 146 valence electrons. The van der Waals surface area contributed by atoms with Gasteiger partial charge >= 0.3 is 0 Å².